The van der Waals surface area contributed by atoms with Crippen LogP contribution in [0.4, 0.5) is 10.3 Å². The molecule has 1 saturated carbocycles. The highest BCUT2D eigenvalue weighted by molar-refractivity contribution is 5.30. The molecule has 2 fully saturated rings. The first kappa shape index (κ1) is 14.6. The van der Waals surface area contributed by atoms with Crippen LogP contribution in [0.5, 0.6) is 0 Å². The molecule has 0 bridgehead atoms. The lowest BCUT2D eigenvalue weighted by Crippen LogP contribution is -2.44. The van der Waals surface area contributed by atoms with E-state index in [2.05, 4.69) is 20.2 Å². The fourth-order valence-corrected chi connectivity index (χ4v) is 3.46. The molecule has 1 aromatic carbocycles. The van der Waals surface area contributed by atoms with Gasteiger partial charge < -0.3 is 10.2 Å². The van der Waals surface area contributed by atoms with E-state index >= 15 is 0 Å². The van der Waals surface area contributed by atoms with Crippen LogP contribution in [0.15, 0.2) is 42.7 Å². The second-order valence-corrected chi connectivity index (χ2v) is 6.48. The third-order valence-corrected chi connectivity index (χ3v) is 4.87. The van der Waals surface area contributed by atoms with Crippen molar-refractivity contribution in [3.05, 3.63) is 54.1 Å². The van der Waals surface area contributed by atoms with Crippen LogP contribution < -0.4 is 10.2 Å². The van der Waals surface area contributed by atoms with Crippen LogP contribution in [0.3, 0.4) is 0 Å². The standard InChI is InChI=1S/C18H21FN4/c19-14-4-2-13(3-5-14)16-12-17(16)22-15-6-10-23(11-7-15)18-20-8-1-9-21-18/h1-5,8-9,15-17,22H,6-7,10-12H2. The monoisotopic (exact) mass is 312 g/mol. The van der Waals surface area contributed by atoms with Gasteiger partial charge in [0.2, 0.25) is 5.95 Å². The highest BCUT2D eigenvalue weighted by atomic mass is 19.1. The normalized spacial score (nSPS) is 24.7. The van der Waals surface area contributed by atoms with Gasteiger partial charge in [0.15, 0.2) is 0 Å². The van der Waals surface area contributed by atoms with Gasteiger partial charge in [0.25, 0.3) is 0 Å². The van der Waals surface area contributed by atoms with Crippen LogP contribution in [0.1, 0.15) is 30.7 Å². The summed E-state index contributed by atoms with van der Waals surface area (Å²) in [5.41, 5.74) is 1.25. The van der Waals surface area contributed by atoms with E-state index in [0.29, 0.717) is 18.0 Å². The van der Waals surface area contributed by atoms with Gasteiger partial charge in [0.1, 0.15) is 5.82 Å². The van der Waals surface area contributed by atoms with E-state index in [1.54, 1.807) is 24.5 Å². The van der Waals surface area contributed by atoms with Crippen molar-refractivity contribution in [3.63, 3.8) is 0 Å². The van der Waals surface area contributed by atoms with Crippen LogP contribution in [-0.4, -0.2) is 35.1 Å². The Morgan fingerprint density at radius 3 is 2.43 bits per heavy atom. The number of nitrogens with zero attached hydrogens (tertiary/aromatic N) is 3. The van der Waals surface area contributed by atoms with Gasteiger partial charge in [-0.25, -0.2) is 14.4 Å². The Kier molecular flexibility index (Phi) is 3.95. The minimum Gasteiger partial charge on any atom is -0.341 e. The van der Waals surface area contributed by atoms with Gasteiger partial charge >= 0.3 is 0 Å². The molecule has 1 aliphatic carbocycles. The number of hydrogen-bond acceptors (Lipinski definition) is 4. The zero-order chi connectivity index (χ0) is 15.6. The number of anilines is 1. The lowest BCUT2D eigenvalue weighted by molar-refractivity contribution is 0.407. The van der Waals surface area contributed by atoms with Crippen molar-refractivity contribution < 1.29 is 4.39 Å². The Labute approximate surface area is 135 Å². The quantitative estimate of drug-likeness (QED) is 0.942. The molecule has 2 unspecified atom stereocenters. The zero-order valence-electron chi connectivity index (χ0n) is 13.0. The van der Waals surface area contributed by atoms with E-state index in [1.165, 1.54) is 5.56 Å². The molecule has 1 saturated heterocycles. The number of rotatable bonds is 4. The smallest absolute Gasteiger partial charge is 0.225 e. The molecule has 2 heterocycles. The van der Waals surface area contributed by atoms with Crippen molar-refractivity contribution in [1.82, 2.24) is 15.3 Å². The predicted molar refractivity (Wildman–Crippen MR) is 87.9 cm³/mol. The van der Waals surface area contributed by atoms with E-state index < -0.39 is 0 Å². The molecule has 23 heavy (non-hydrogen) atoms. The first-order chi connectivity index (χ1) is 11.3. The molecular formula is C18H21FN4. The molecule has 120 valence electrons. The summed E-state index contributed by atoms with van der Waals surface area (Å²) in [5.74, 6) is 1.22. The molecule has 4 nitrogen and oxygen atoms in total. The van der Waals surface area contributed by atoms with E-state index in [4.69, 9.17) is 0 Å². The molecule has 1 aromatic heterocycles. The summed E-state index contributed by atoms with van der Waals surface area (Å²) in [4.78, 5) is 10.9. The number of halogens is 1. The first-order valence-electron chi connectivity index (χ1n) is 8.33. The predicted octanol–water partition coefficient (Wildman–Crippen LogP) is 2.73. The van der Waals surface area contributed by atoms with Gasteiger partial charge in [-0.3, -0.25) is 0 Å². The van der Waals surface area contributed by atoms with Crippen LogP contribution in [0.25, 0.3) is 0 Å². The molecule has 0 spiro atoms. The molecule has 2 aliphatic rings. The SMILES string of the molecule is Fc1ccc(C2CC2NC2CCN(c3ncccn3)CC2)cc1. The third kappa shape index (κ3) is 3.34. The lowest BCUT2D eigenvalue weighted by atomic mass is 10.0. The zero-order valence-corrected chi connectivity index (χ0v) is 13.0. The van der Waals surface area contributed by atoms with Crippen LogP contribution in [0, 0.1) is 5.82 Å². The van der Waals surface area contributed by atoms with Crippen LogP contribution in [-0.2, 0) is 0 Å². The van der Waals surface area contributed by atoms with Gasteiger partial charge in [0.05, 0.1) is 0 Å². The van der Waals surface area contributed by atoms with Crippen molar-refractivity contribution in [2.24, 2.45) is 0 Å². The minimum atomic E-state index is -0.158. The van der Waals surface area contributed by atoms with Crippen molar-refractivity contribution >= 4 is 5.95 Å². The van der Waals surface area contributed by atoms with Crippen molar-refractivity contribution in [2.75, 3.05) is 18.0 Å². The Hall–Kier alpha value is -2.01. The average Bonchev–Trinajstić information content (AvgIpc) is 3.36. The van der Waals surface area contributed by atoms with Gasteiger partial charge in [-0.05, 0) is 43.0 Å². The molecule has 0 radical (unpaired) electrons. The maximum Gasteiger partial charge on any atom is 0.225 e. The summed E-state index contributed by atoms with van der Waals surface area (Å²) in [6, 6.07) is 9.90. The third-order valence-electron chi connectivity index (χ3n) is 4.87. The second-order valence-electron chi connectivity index (χ2n) is 6.48. The van der Waals surface area contributed by atoms with E-state index in [-0.39, 0.29) is 5.82 Å². The van der Waals surface area contributed by atoms with Gasteiger partial charge in [0, 0.05) is 43.5 Å². The molecule has 4 rings (SSSR count). The molecular weight excluding hydrogens is 291 g/mol. The van der Waals surface area contributed by atoms with E-state index in [9.17, 15) is 4.39 Å². The summed E-state index contributed by atoms with van der Waals surface area (Å²) in [6.45, 7) is 1.99. The summed E-state index contributed by atoms with van der Waals surface area (Å²) in [7, 11) is 0. The highest BCUT2D eigenvalue weighted by Gasteiger charge is 2.39. The fraction of sp³-hybridized carbons (Fsp3) is 0.444. The largest absolute Gasteiger partial charge is 0.341 e. The average molecular weight is 312 g/mol. The van der Waals surface area contributed by atoms with Crippen molar-refractivity contribution in [3.8, 4) is 0 Å². The Bertz CT molecular complexity index is 638. The molecule has 2 atom stereocenters. The number of hydrogen-bond donors (Lipinski definition) is 1. The second kappa shape index (κ2) is 6.24. The maximum atomic E-state index is 13.0. The number of nitrogens with one attached hydrogen (secondary N) is 1. The number of benzene rings is 1. The summed E-state index contributed by atoms with van der Waals surface area (Å²) in [6.07, 6.45) is 6.98. The first-order valence-corrected chi connectivity index (χ1v) is 8.33. The minimum absolute atomic E-state index is 0.158. The van der Waals surface area contributed by atoms with Crippen LogP contribution >= 0.6 is 0 Å². The summed E-state index contributed by atoms with van der Waals surface area (Å²) < 4.78 is 13.0. The van der Waals surface area contributed by atoms with E-state index in [0.717, 1.165) is 38.3 Å². The Morgan fingerprint density at radius 1 is 1.04 bits per heavy atom. The van der Waals surface area contributed by atoms with E-state index in [1.807, 2.05) is 18.2 Å². The molecule has 1 aliphatic heterocycles. The number of aromatic nitrogens is 2. The molecule has 5 heteroatoms. The Balaban J connectivity index is 1.27. The van der Waals surface area contributed by atoms with Crippen molar-refractivity contribution in [1.29, 1.82) is 0 Å². The summed E-state index contributed by atoms with van der Waals surface area (Å²) in [5, 5.41) is 3.77. The maximum absolute atomic E-state index is 13.0. The number of piperidine rings is 1. The van der Waals surface area contributed by atoms with Gasteiger partial charge in [-0.2, -0.15) is 0 Å². The molecule has 2 aromatic rings. The van der Waals surface area contributed by atoms with Gasteiger partial charge in [-0.15, -0.1) is 0 Å². The highest BCUT2D eigenvalue weighted by Crippen LogP contribution is 2.41. The fourth-order valence-electron chi connectivity index (χ4n) is 3.46. The van der Waals surface area contributed by atoms with Crippen LogP contribution in [0.2, 0.25) is 0 Å². The summed E-state index contributed by atoms with van der Waals surface area (Å²) >= 11 is 0. The Morgan fingerprint density at radius 2 is 1.74 bits per heavy atom. The topological polar surface area (TPSA) is 41.0 Å². The lowest BCUT2D eigenvalue weighted by Gasteiger charge is -2.32. The van der Waals surface area contributed by atoms with Gasteiger partial charge in [-0.1, -0.05) is 12.1 Å². The van der Waals surface area contributed by atoms with Crippen molar-refractivity contribution in [2.45, 2.75) is 37.3 Å². The molecule has 0 amide bonds. The molecule has 1 N–H and O–H groups in total.